The Hall–Kier alpha value is 0.777. The Balaban J connectivity index is 0. The fourth-order valence-electron chi connectivity index (χ4n) is 0. The zero-order chi connectivity index (χ0) is 4.71. The third-order valence-electron chi connectivity index (χ3n) is 0. The van der Waals surface area contributed by atoms with Crippen molar-refractivity contribution in [3.63, 3.8) is 0 Å². The van der Waals surface area contributed by atoms with E-state index >= 15 is 0 Å². The molecule has 0 aliphatic rings. The number of rotatable bonds is 0. The van der Waals surface area contributed by atoms with Crippen LogP contribution >= 0.6 is 0 Å². The molecular weight excluding hydrogens is 202 g/mol. The third-order valence-corrected chi connectivity index (χ3v) is 0. The molecule has 5 heavy (non-hydrogen) atoms. The van der Waals surface area contributed by atoms with Crippen LogP contribution in [-0.2, 0) is 48.4 Å². The fourth-order valence-corrected chi connectivity index (χ4v) is 0. The van der Waals surface area contributed by atoms with Crippen molar-refractivity contribution in [2.75, 3.05) is 0 Å². The normalized spacial score (nSPS) is 2.80. The molecule has 32 valence electrons. The summed E-state index contributed by atoms with van der Waals surface area (Å²) in [6.07, 6.45) is 0. The molecule has 0 saturated carbocycles. The second-order valence-corrected chi connectivity index (χ2v) is 0.344. The van der Waals surface area contributed by atoms with Gasteiger partial charge >= 0.3 is 48.4 Å². The molecule has 0 fully saturated rings. The molecule has 0 aromatic heterocycles. The van der Waals surface area contributed by atoms with E-state index in [1.165, 1.54) is 19.2 Å². The van der Waals surface area contributed by atoms with Crippen LogP contribution in [0.1, 0.15) is 0 Å². The Kier molecular flexibility index (Phi) is 39.9. The predicted molar refractivity (Wildman–Crippen MR) is 2.06 cm³/mol. The van der Waals surface area contributed by atoms with E-state index in [2.05, 4.69) is 0 Å². The van der Waals surface area contributed by atoms with Gasteiger partial charge in [0.2, 0.25) is 0 Å². The molecule has 0 rings (SSSR count). The SMILES string of the molecule is [O]=[Pd].[O]=[Ti]=[O]. The molecule has 0 spiro atoms. The zero-order valence-corrected chi connectivity index (χ0v) is 5.16. The predicted octanol–water partition coefficient (Wildman–Crippen LogP) is -0.361. The molecule has 0 aromatic rings. The van der Waals surface area contributed by atoms with Crippen LogP contribution in [0.2, 0.25) is 0 Å². The molecule has 0 amide bonds. The van der Waals surface area contributed by atoms with Crippen LogP contribution in [0, 0.1) is 0 Å². The van der Waals surface area contributed by atoms with E-state index in [-0.39, 0.29) is 0 Å². The van der Waals surface area contributed by atoms with Gasteiger partial charge < -0.3 is 0 Å². The van der Waals surface area contributed by atoms with Gasteiger partial charge in [-0.05, 0) is 0 Å². The Morgan fingerprint density at radius 3 is 1.20 bits per heavy atom. The Bertz CT molecular complexity index is 36.2. The summed E-state index contributed by atoms with van der Waals surface area (Å²) >= 11 is -0.500. The maximum atomic E-state index is 8.50. The Morgan fingerprint density at radius 1 is 1.20 bits per heavy atom. The van der Waals surface area contributed by atoms with Crippen LogP contribution in [0.25, 0.3) is 0 Å². The van der Waals surface area contributed by atoms with Gasteiger partial charge in [-0.3, -0.25) is 0 Å². The second kappa shape index (κ2) is 21.6. The van der Waals surface area contributed by atoms with Crippen LogP contribution < -0.4 is 0 Å². The first kappa shape index (κ1) is 9.24. The van der Waals surface area contributed by atoms with E-state index in [0.717, 1.165) is 0 Å². The summed E-state index contributed by atoms with van der Waals surface area (Å²) in [7, 11) is 0. The van der Waals surface area contributed by atoms with Gasteiger partial charge in [0.05, 0.1) is 0 Å². The van der Waals surface area contributed by atoms with Gasteiger partial charge in [-0.15, -0.1) is 0 Å². The third kappa shape index (κ3) is 61.1. The molecule has 0 aliphatic carbocycles. The molecule has 0 bridgehead atoms. The van der Waals surface area contributed by atoms with Crippen LogP contribution in [0.3, 0.4) is 0 Å². The van der Waals surface area contributed by atoms with E-state index in [9.17, 15) is 0 Å². The van der Waals surface area contributed by atoms with Gasteiger partial charge in [-0.2, -0.15) is 0 Å². The van der Waals surface area contributed by atoms with Crippen LogP contribution in [0.4, 0.5) is 0 Å². The molecule has 0 radical (unpaired) electrons. The van der Waals surface area contributed by atoms with Gasteiger partial charge in [-0.25, -0.2) is 0 Å². The quantitative estimate of drug-likeness (QED) is 0.504. The van der Waals surface area contributed by atoms with Gasteiger partial charge in [0.25, 0.3) is 0 Å². The van der Waals surface area contributed by atoms with Crippen LogP contribution in [-0.4, -0.2) is 0 Å². The Labute approximate surface area is 48.4 Å². The summed E-state index contributed by atoms with van der Waals surface area (Å²) < 4.78 is 25.1. The van der Waals surface area contributed by atoms with E-state index in [0.29, 0.717) is 0 Å². The van der Waals surface area contributed by atoms with Gasteiger partial charge in [-0.1, -0.05) is 0 Å². The van der Waals surface area contributed by atoms with E-state index in [4.69, 9.17) is 10.1 Å². The van der Waals surface area contributed by atoms with Crippen molar-refractivity contribution >= 4 is 0 Å². The standard InChI is InChI=1S/3O.Pd.Ti. The van der Waals surface area contributed by atoms with E-state index in [1.807, 2.05) is 0 Å². The zero-order valence-electron chi connectivity index (χ0n) is 2.04. The van der Waals surface area contributed by atoms with Crippen molar-refractivity contribution in [1.82, 2.24) is 0 Å². The minimum atomic E-state index is -2.00. The molecule has 0 aliphatic heterocycles. The fraction of sp³-hybridized carbons (Fsp3) is 0. The average molecular weight is 202 g/mol. The molecule has 0 atom stereocenters. The van der Waals surface area contributed by atoms with Crippen molar-refractivity contribution in [2.24, 2.45) is 0 Å². The van der Waals surface area contributed by atoms with Crippen molar-refractivity contribution in [3.05, 3.63) is 0 Å². The van der Waals surface area contributed by atoms with Crippen molar-refractivity contribution in [3.8, 4) is 0 Å². The van der Waals surface area contributed by atoms with Crippen LogP contribution in [0.5, 0.6) is 0 Å². The Morgan fingerprint density at radius 2 is 1.20 bits per heavy atom. The summed E-state index contributed by atoms with van der Waals surface area (Å²) in [6, 6.07) is 0. The molecule has 0 aromatic carbocycles. The summed E-state index contributed by atoms with van der Waals surface area (Å²) in [4.78, 5) is 0. The van der Waals surface area contributed by atoms with Gasteiger partial charge in [0.1, 0.15) is 0 Å². The van der Waals surface area contributed by atoms with Crippen molar-refractivity contribution in [2.45, 2.75) is 0 Å². The minimum absolute atomic E-state index is 1.50. The molecule has 0 N–H and O–H groups in total. The summed E-state index contributed by atoms with van der Waals surface area (Å²) in [6.45, 7) is 0. The number of hydrogen-bond donors (Lipinski definition) is 0. The molecule has 0 unspecified atom stereocenters. The molecular formula is O3PdTi. The van der Waals surface area contributed by atoms with Gasteiger partial charge in [0, 0.05) is 0 Å². The van der Waals surface area contributed by atoms with E-state index in [1.54, 1.807) is 0 Å². The van der Waals surface area contributed by atoms with Crippen LogP contribution in [0.15, 0.2) is 0 Å². The van der Waals surface area contributed by atoms with Gasteiger partial charge in [0.15, 0.2) is 0 Å². The maximum absolute atomic E-state index is 8.50. The van der Waals surface area contributed by atoms with Crippen molar-refractivity contribution in [1.29, 1.82) is 0 Å². The molecule has 0 heterocycles. The number of hydrogen-bond acceptors (Lipinski definition) is 3. The summed E-state index contributed by atoms with van der Waals surface area (Å²) in [5.41, 5.74) is 0. The van der Waals surface area contributed by atoms with Crippen molar-refractivity contribution < 1.29 is 48.4 Å². The molecule has 0 saturated heterocycles. The first-order valence-corrected chi connectivity index (χ1v) is 2.45. The average Bonchev–Trinajstić information content (AvgIpc) is 1.46. The summed E-state index contributed by atoms with van der Waals surface area (Å²) in [5, 5.41) is 0. The first-order chi connectivity index (χ1) is 2.41. The first-order valence-electron chi connectivity index (χ1n) is 0.537. The monoisotopic (exact) mass is 202 g/mol. The molecule has 5 heteroatoms. The summed E-state index contributed by atoms with van der Waals surface area (Å²) in [5.74, 6) is 0. The topological polar surface area (TPSA) is 51.2 Å². The molecule has 3 nitrogen and oxygen atoms in total. The van der Waals surface area contributed by atoms with E-state index < -0.39 is 19.1 Å². The second-order valence-electron chi connectivity index (χ2n) is 0.0833.